The lowest BCUT2D eigenvalue weighted by Crippen LogP contribution is -2.44. The van der Waals surface area contributed by atoms with Gasteiger partial charge in [0.1, 0.15) is 24.4 Å². The van der Waals surface area contributed by atoms with Crippen LogP contribution in [0.4, 0.5) is 25.8 Å². The summed E-state index contributed by atoms with van der Waals surface area (Å²) < 4.78 is 9.60. The number of carbonyl (C=O) groups is 5. The summed E-state index contributed by atoms with van der Waals surface area (Å²) in [5.41, 5.74) is 21.4. The summed E-state index contributed by atoms with van der Waals surface area (Å²) in [6, 6.07) is 25.6. The molecule has 5 rings (SSSR count). The number of alkyl carbamates (subject to hydrolysis) is 1. The fourth-order valence-corrected chi connectivity index (χ4v) is 5.30. The van der Waals surface area contributed by atoms with Gasteiger partial charge in [-0.25, -0.2) is 19.2 Å². The molecule has 0 fully saturated rings. The van der Waals surface area contributed by atoms with Crippen LogP contribution in [-0.4, -0.2) is 80.8 Å². The van der Waals surface area contributed by atoms with E-state index in [4.69, 9.17) is 42.4 Å². The fourth-order valence-electron chi connectivity index (χ4n) is 5.30. The predicted molar refractivity (Wildman–Crippen MR) is 215 cm³/mol. The molecule has 12 N–H and O–H groups in total. The predicted octanol–water partition coefficient (Wildman–Crippen LogP) is 4.89. The topological polar surface area (TPSA) is 330 Å². The molecule has 4 aromatic carbocycles. The van der Waals surface area contributed by atoms with Crippen molar-refractivity contribution in [3.8, 4) is 16.9 Å². The number of amides is 3. The number of aliphatic carboxylic acids is 2. The van der Waals surface area contributed by atoms with Crippen LogP contribution in [0.15, 0.2) is 97.1 Å². The minimum atomic E-state index is -1.45. The number of benzene rings is 4. The van der Waals surface area contributed by atoms with E-state index in [9.17, 15) is 34.1 Å². The molecule has 0 spiro atoms. The highest BCUT2D eigenvalue weighted by Gasteiger charge is 2.30. The van der Waals surface area contributed by atoms with Gasteiger partial charge in [0, 0.05) is 30.3 Å². The number of nitrogens with zero attached hydrogens (tertiary/aromatic N) is 1. The van der Waals surface area contributed by atoms with Gasteiger partial charge >= 0.3 is 30.2 Å². The molecule has 316 valence electrons. The minimum absolute atomic E-state index is 0.0412. The molecule has 59 heavy (non-hydrogen) atoms. The fraction of sp³-hybridized carbons (Fsp3) is 0.275. The van der Waals surface area contributed by atoms with Crippen LogP contribution in [0, 0.1) is 16.0 Å². The van der Waals surface area contributed by atoms with Crippen molar-refractivity contribution in [2.24, 2.45) is 17.4 Å². The van der Waals surface area contributed by atoms with Gasteiger partial charge in [0.2, 0.25) is 0 Å². The number of nitrogen functional groups attached to an aromatic ring is 1. The number of carboxylic acid groups (broad SMARTS) is 3. The lowest BCUT2D eigenvalue weighted by molar-refractivity contribution is -0.384. The molecular formula is C40H48N6O13. The number of carbonyl (C=O) groups excluding carboxylic acids is 2. The highest BCUT2D eigenvalue weighted by Crippen LogP contribution is 2.44. The summed E-state index contributed by atoms with van der Waals surface area (Å²) in [6.45, 7) is 4.09. The maximum Gasteiger partial charge on any atom is 0.511 e. The van der Waals surface area contributed by atoms with Gasteiger partial charge in [0.05, 0.1) is 11.5 Å². The van der Waals surface area contributed by atoms with Crippen molar-refractivity contribution in [3.63, 3.8) is 0 Å². The number of nitrogens with one attached hydrogen (secondary N) is 2. The van der Waals surface area contributed by atoms with Crippen molar-refractivity contribution in [1.82, 2.24) is 10.6 Å². The molecule has 0 radical (unpaired) electrons. The van der Waals surface area contributed by atoms with Crippen LogP contribution in [0.25, 0.3) is 11.1 Å². The zero-order valence-corrected chi connectivity index (χ0v) is 32.2. The van der Waals surface area contributed by atoms with Crippen LogP contribution in [0.2, 0.25) is 0 Å². The molecule has 1 aliphatic carbocycles. The van der Waals surface area contributed by atoms with Crippen LogP contribution in [0.5, 0.6) is 5.75 Å². The van der Waals surface area contributed by atoms with Crippen LogP contribution in [-0.2, 0) is 20.9 Å². The number of aliphatic hydroxyl groups excluding tert-OH is 1. The van der Waals surface area contributed by atoms with Crippen LogP contribution >= 0.6 is 0 Å². The Kier molecular flexibility index (Phi) is 19.8. The Morgan fingerprint density at radius 1 is 0.831 bits per heavy atom. The Balaban J connectivity index is 0.000000298. The summed E-state index contributed by atoms with van der Waals surface area (Å²) >= 11 is 0. The van der Waals surface area contributed by atoms with Gasteiger partial charge in [-0.3, -0.25) is 14.9 Å². The zero-order chi connectivity index (χ0) is 44.1. The molecule has 0 aliphatic heterocycles. The monoisotopic (exact) mass is 820 g/mol. The number of nitro groups is 1. The first-order chi connectivity index (χ1) is 27.9. The van der Waals surface area contributed by atoms with Gasteiger partial charge in [0.25, 0.3) is 5.69 Å². The molecule has 2 atom stereocenters. The molecule has 1 aliphatic rings. The first-order valence-electron chi connectivity index (χ1n) is 17.9. The number of urea groups is 1. The molecule has 2 unspecified atom stereocenters. The Morgan fingerprint density at radius 3 is 1.81 bits per heavy atom. The average Bonchev–Trinajstić information content (AvgIpc) is 3.51. The number of nitro benzene ring substituents is 1. The van der Waals surface area contributed by atoms with Crippen molar-refractivity contribution in [1.29, 1.82) is 0 Å². The second-order valence-corrected chi connectivity index (χ2v) is 12.9. The first kappa shape index (κ1) is 47.9. The van der Waals surface area contributed by atoms with Crippen LogP contribution in [0.3, 0.4) is 0 Å². The Labute approximate surface area is 338 Å². The van der Waals surface area contributed by atoms with Crippen molar-refractivity contribution < 1.29 is 58.8 Å². The molecule has 0 heterocycles. The number of non-ortho nitro benzene ring substituents is 1. The van der Waals surface area contributed by atoms with Crippen LogP contribution in [0.1, 0.15) is 49.3 Å². The Hall–Kier alpha value is -7.25. The first-order valence-corrected chi connectivity index (χ1v) is 17.9. The number of nitrogens with two attached hydrogens (primary N) is 3. The van der Waals surface area contributed by atoms with E-state index < -0.39 is 47.2 Å². The number of rotatable bonds is 13. The maximum absolute atomic E-state index is 12.0. The van der Waals surface area contributed by atoms with E-state index in [0.717, 1.165) is 45.6 Å². The normalized spacial score (nSPS) is 11.8. The molecule has 4 aromatic rings. The smallest absolute Gasteiger partial charge is 0.480 e. The molecule has 0 saturated heterocycles. The quantitative estimate of drug-likeness (QED) is 0.0216. The number of anilines is 1. The molecule has 19 nitrogen and oxygen atoms in total. The van der Waals surface area contributed by atoms with Gasteiger partial charge in [-0.2, -0.15) is 0 Å². The van der Waals surface area contributed by atoms with E-state index >= 15 is 0 Å². The second-order valence-electron chi connectivity index (χ2n) is 12.9. The second kappa shape index (κ2) is 24.4. The van der Waals surface area contributed by atoms with E-state index in [1.165, 1.54) is 12.1 Å². The van der Waals surface area contributed by atoms with Gasteiger partial charge < -0.3 is 57.7 Å². The largest absolute Gasteiger partial charge is 0.511 e. The van der Waals surface area contributed by atoms with E-state index in [1.54, 1.807) is 38.1 Å². The molecule has 3 amide bonds. The number of hydrogen-bond acceptors (Lipinski definition) is 12. The number of primary amides is 1. The van der Waals surface area contributed by atoms with E-state index in [-0.39, 0.29) is 36.5 Å². The van der Waals surface area contributed by atoms with Crippen molar-refractivity contribution in [3.05, 3.63) is 124 Å². The van der Waals surface area contributed by atoms with Crippen LogP contribution < -0.4 is 32.6 Å². The standard InChI is InChI=1S/C20H21NO4.C7H5NO5.C7H9NO.C6H13N3O3/c1-12(2)18(19(22)23)21-20(24)25-11-17-15-9-5-3-7-13(15)14-8-4-6-10-16(14)17;9-7(10)13-6-3-1-5(2-4-6)8(11)12;8-7-3-1-6(5-9)2-4-7;7-4(5(10)11)2-1-3-9-6(8)12/h3-10,12,17-18H,11H2,1-2H3,(H,21,24)(H,22,23);1-4H,(H,9,10);1-4,9H,5,8H2;4H,1-3,7H2,(H,10,11)(H3,8,9,12). The van der Waals surface area contributed by atoms with Crippen molar-refractivity contribution in [2.75, 3.05) is 18.9 Å². The molecular weight excluding hydrogens is 772 g/mol. The lowest BCUT2D eigenvalue weighted by Gasteiger charge is -2.19. The summed E-state index contributed by atoms with van der Waals surface area (Å²) in [4.78, 5) is 63.2. The number of ether oxygens (including phenoxy) is 2. The highest BCUT2D eigenvalue weighted by molar-refractivity contribution is 5.81. The lowest BCUT2D eigenvalue weighted by atomic mass is 9.98. The molecule has 0 saturated carbocycles. The minimum Gasteiger partial charge on any atom is -0.480 e. The Morgan fingerprint density at radius 2 is 1.37 bits per heavy atom. The Bertz CT molecular complexity index is 1970. The maximum atomic E-state index is 12.0. The SMILES string of the molecule is CC(C)C(NC(=O)OCC1c2ccccc2-c2ccccc21)C(=O)O.NC(=O)NCCCC(N)C(=O)O.Nc1ccc(CO)cc1.O=C(O)Oc1ccc([N+](=O)[O-])cc1. The highest BCUT2D eigenvalue weighted by atomic mass is 16.7. The summed E-state index contributed by atoms with van der Waals surface area (Å²) in [6.07, 6.45) is -1.32. The third-order valence-corrected chi connectivity index (χ3v) is 8.27. The van der Waals surface area contributed by atoms with E-state index in [2.05, 4.69) is 27.5 Å². The van der Waals surface area contributed by atoms with Gasteiger partial charge in [-0.15, -0.1) is 0 Å². The third-order valence-electron chi connectivity index (χ3n) is 8.27. The van der Waals surface area contributed by atoms with E-state index in [0.29, 0.717) is 19.4 Å². The third kappa shape index (κ3) is 16.8. The summed E-state index contributed by atoms with van der Waals surface area (Å²) in [5, 5.41) is 49.2. The average molecular weight is 821 g/mol. The van der Waals surface area contributed by atoms with E-state index in [1.807, 2.05) is 36.4 Å². The van der Waals surface area contributed by atoms with Gasteiger partial charge in [-0.05, 0) is 70.8 Å². The van der Waals surface area contributed by atoms with Crippen molar-refractivity contribution in [2.45, 2.75) is 51.3 Å². The number of fused-ring (bicyclic) bond motifs is 3. The molecule has 19 heteroatoms. The number of aliphatic hydroxyl groups is 1. The summed E-state index contributed by atoms with van der Waals surface area (Å²) in [7, 11) is 0. The molecule has 0 bridgehead atoms. The molecule has 0 aromatic heterocycles. The van der Waals surface area contributed by atoms with Gasteiger partial charge in [0.15, 0.2) is 0 Å². The van der Waals surface area contributed by atoms with Crippen molar-refractivity contribution >= 4 is 41.6 Å². The summed E-state index contributed by atoms with van der Waals surface area (Å²) in [5.74, 6) is -2.31. The zero-order valence-electron chi connectivity index (χ0n) is 32.2. The number of hydrogen-bond donors (Lipinski definition) is 9. The number of carboxylic acids is 2. The van der Waals surface area contributed by atoms with Gasteiger partial charge in [-0.1, -0.05) is 74.5 Å².